The second-order valence-electron chi connectivity index (χ2n) is 6.24. The van der Waals surface area contributed by atoms with Crippen LogP contribution in [0.1, 0.15) is 24.6 Å². The van der Waals surface area contributed by atoms with Gasteiger partial charge in [0.1, 0.15) is 24.3 Å². The van der Waals surface area contributed by atoms with Crippen LogP contribution in [0.3, 0.4) is 0 Å². The first kappa shape index (κ1) is 16.6. The van der Waals surface area contributed by atoms with Crippen molar-refractivity contribution in [3.05, 3.63) is 47.8 Å². The molecule has 0 spiro atoms. The van der Waals surface area contributed by atoms with Gasteiger partial charge in [-0.3, -0.25) is 0 Å². The highest BCUT2D eigenvalue weighted by Gasteiger charge is 2.29. The van der Waals surface area contributed by atoms with Gasteiger partial charge in [0.15, 0.2) is 23.1 Å². The number of ether oxygens (including phenoxy) is 1. The summed E-state index contributed by atoms with van der Waals surface area (Å²) in [5.41, 5.74) is 0.680. The van der Waals surface area contributed by atoms with Crippen molar-refractivity contribution < 1.29 is 18.6 Å². The number of aliphatic hydroxyl groups excluding tert-OH is 1. The van der Waals surface area contributed by atoms with E-state index in [1.54, 1.807) is 16.6 Å². The average molecular weight is 361 g/mol. The minimum atomic E-state index is -0.993. The minimum absolute atomic E-state index is 0.0692. The van der Waals surface area contributed by atoms with Crippen molar-refractivity contribution in [2.75, 3.05) is 18.5 Å². The summed E-state index contributed by atoms with van der Waals surface area (Å²) in [6.07, 6.45) is 1.34. The number of aromatic nitrogens is 4. The monoisotopic (exact) mass is 361 g/mol. The van der Waals surface area contributed by atoms with Gasteiger partial charge < -0.3 is 15.2 Å². The number of fused-ring (bicyclic) bond motifs is 1. The van der Waals surface area contributed by atoms with E-state index < -0.39 is 17.7 Å². The first-order valence-corrected chi connectivity index (χ1v) is 8.32. The van der Waals surface area contributed by atoms with Crippen LogP contribution in [0.15, 0.2) is 30.3 Å². The number of nitrogens with zero attached hydrogens (tertiary/aromatic N) is 4. The molecule has 0 saturated heterocycles. The van der Waals surface area contributed by atoms with Crippen LogP contribution in [-0.4, -0.2) is 44.2 Å². The number of halogens is 2. The van der Waals surface area contributed by atoms with E-state index in [0.717, 1.165) is 30.8 Å². The number of nitrogens with one attached hydrogen (secondary N) is 1. The summed E-state index contributed by atoms with van der Waals surface area (Å²) < 4.78 is 33.0. The molecule has 4 rings (SSSR count). The zero-order valence-electron chi connectivity index (χ0n) is 13.8. The molecule has 0 aliphatic heterocycles. The molecule has 1 aliphatic carbocycles. The first-order chi connectivity index (χ1) is 12.6. The lowest BCUT2D eigenvalue weighted by atomic mass is 10.3. The van der Waals surface area contributed by atoms with Crippen LogP contribution in [0.2, 0.25) is 0 Å². The minimum Gasteiger partial charge on any atom is -0.491 e. The molecule has 2 heterocycles. The molecule has 1 fully saturated rings. The van der Waals surface area contributed by atoms with Gasteiger partial charge in [0.25, 0.3) is 0 Å². The summed E-state index contributed by atoms with van der Waals surface area (Å²) in [6.45, 7) is 0.114. The lowest BCUT2D eigenvalue weighted by Gasteiger charge is -2.14. The second kappa shape index (κ2) is 6.83. The van der Waals surface area contributed by atoms with E-state index in [0.29, 0.717) is 17.4 Å². The molecule has 26 heavy (non-hydrogen) atoms. The summed E-state index contributed by atoms with van der Waals surface area (Å²) in [5.74, 6) is 0.0643. The summed E-state index contributed by atoms with van der Waals surface area (Å²) in [5, 5.41) is 25.7. The molecule has 1 aromatic carbocycles. The highest BCUT2D eigenvalue weighted by atomic mass is 19.2. The highest BCUT2D eigenvalue weighted by Crippen LogP contribution is 2.38. The molecule has 0 bridgehead atoms. The molecule has 2 aromatic heterocycles. The molecule has 2 N–H and O–H groups in total. The van der Waals surface area contributed by atoms with E-state index in [9.17, 15) is 13.9 Å². The molecular weight excluding hydrogens is 344 g/mol. The Balaban J connectivity index is 1.33. The van der Waals surface area contributed by atoms with Gasteiger partial charge in [-0.1, -0.05) is 0 Å². The third-order valence-electron chi connectivity index (χ3n) is 4.08. The molecule has 1 unspecified atom stereocenters. The summed E-state index contributed by atoms with van der Waals surface area (Å²) in [7, 11) is 0. The Morgan fingerprint density at radius 1 is 1.19 bits per heavy atom. The highest BCUT2D eigenvalue weighted by molar-refractivity contribution is 5.44. The zero-order valence-corrected chi connectivity index (χ0v) is 13.8. The van der Waals surface area contributed by atoms with Crippen LogP contribution in [0.25, 0.3) is 5.65 Å². The predicted octanol–water partition coefficient (Wildman–Crippen LogP) is 2.13. The van der Waals surface area contributed by atoms with E-state index in [4.69, 9.17) is 4.74 Å². The summed E-state index contributed by atoms with van der Waals surface area (Å²) >= 11 is 0. The molecule has 1 saturated carbocycles. The summed E-state index contributed by atoms with van der Waals surface area (Å²) in [6, 6.07) is 6.78. The van der Waals surface area contributed by atoms with E-state index in [-0.39, 0.29) is 18.9 Å². The van der Waals surface area contributed by atoms with E-state index in [1.807, 2.05) is 0 Å². The van der Waals surface area contributed by atoms with Gasteiger partial charge in [-0.15, -0.1) is 15.3 Å². The fraction of sp³-hybridized carbons (Fsp3) is 0.353. The second-order valence-corrected chi connectivity index (χ2v) is 6.24. The Bertz CT molecular complexity index is 929. The molecule has 1 atom stereocenters. The largest absolute Gasteiger partial charge is 0.491 e. The van der Waals surface area contributed by atoms with Gasteiger partial charge in [0.2, 0.25) is 0 Å². The molecule has 3 aromatic rings. The molecular formula is C17H17F2N5O2. The van der Waals surface area contributed by atoms with Gasteiger partial charge in [-0.2, -0.15) is 4.52 Å². The third kappa shape index (κ3) is 3.57. The van der Waals surface area contributed by atoms with Gasteiger partial charge in [0.05, 0.1) is 0 Å². The average Bonchev–Trinajstić information content (AvgIpc) is 3.40. The Hall–Kier alpha value is -2.81. The topological polar surface area (TPSA) is 84.6 Å². The van der Waals surface area contributed by atoms with Gasteiger partial charge in [-0.05, 0) is 37.1 Å². The van der Waals surface area contributed by atoms with Gasteiger partial charge in [0, 0.05) is 18.5 Å². The number of hydrogen-bond donors (Lipinski definition) is 2. The van der Waals surface area contributed by atoms with Crippen molar-refractivity contribution >= 4 is 11.5 Å². The maximum atomic E-state index is 13.1. The van der Waals surface area contributed by atoms with Crippen LogP contribution in [0.5, 0.6) is 5.75 Å². The fourth-order valence-corrected chi connectivity index (χ4v) is 2.54. The van der Waals surface area contributed by atoms with Crippen LogP contribution in [0, 0.1) is 11.6 Å². The summed E-state index contributed by atoms with van der Waals surface area (Å²) in [4.78, 5) is 0. The molecule has 7 nitrogen and oxygen atoms in total. The lowest BCUT2D eigenvalue weighted by molar-refractivity contribution is 0.117. The first-order valence-electron chi connectivity index (χ1n) is 8.32. The molecule has 136 valence electrons. The maximum Gasteiger partial charge on any atom is 0.178 e. The van der Waals surface area contributed by atoms with Gasteiger partial charge in [-0.25, -0.2) is 8.78 Å². The van der Waals surface area contributed by atoms with Crippen molar-refractivity contribution in [2.24, 2.45) is 0 Å². The number of anilines is 1. The standard InChI is InChI=1S/C17H17F2N5O2/c18-13-4-3-12(7-14(13)19)26-9-11(25)8-20-15-5-6-16-21-22-17(10-1-2-10)24(16)23-15/h3-7,10-11,25H,1-2,8-9H2,(H,20,23). The number of hydrogen-bond acceptors (Lipinski definition) is 6. The van der Waals surface area contributed by atoms with E-state index >= 15 is 0 Å². The Morgan fingerprint density at radius 3 is 2.81 bits per heavy atom. The van der Waals surface area contributed by atoms with Crippen molar-refractivity contribution in [1.82, 2.24) is 19.8 Å². The van der Waals surface area contributed by atoms with E-state index in [2.05, 4.69) is 20.6 Å². The Morgan fingerprint density at radius 2 is 2.04 bits per heavy atom. The maximum absolute atomic E-state index is 13.1. The Kier molecular flexibility index (Phi) is 4.37. The number of aliphatic hydroxyl groups is 1. The van der Waals surface area contributed by atoms with Crippen LogP contribution >= 0.6 is 0 Å². The SMILES string of the molecule is OC(CNc1ccc2nnc(C3CC3)n2n1)COc1ccc(F)c(F)c1. The van der Waals surface area contributed by atoms with Crippen molar-refractivity contribution in [3.63, 3.8) is 0 Å². The van der Waals surface area contributed by atoms with Crippen molar-refractivity contribution in [3.8, 4) is 5.75 Å². The lowest BCUT2D eigenvalue weighted by Crippen LogP contribution is -2.26. The van der Waals surface area contributed by atoms with Gasteiger partial charge >= 0.3 is 0 Å². The molecule has 1 aliphatic rings. The predicted molar refractivity (Wildman–Crippen MR) is 89.1 cm³/mol. The molecule has 0 radical (unpaired) electrons. The van der Waals surface area contributed by atoms with Crippen LogP contribution < -0.4 is 10.1 Å². The van der Waals surface area contributed by atoms with E-state index in [1.165, 1.54) is 6.07 Å². The number of benzene rings is 1. The van der Waals surface area contributed by atoms with Crippen molar-refractivity contribution in [2.45, 2.75) is 24.9 Å². The van der Waals surface area contributed by atoms with Crippen molar-refractivity contribution in [1.29, 1.82) is 0 Å². The third-order valence-corrected chi connectivity index (χ3v) is 4.08. The zero-order chi connectivity index (χ0) is 18.1. The van der Waals surface area contributed by atoms with Crippen LogP contribution in [0.4, 0.5) is 14.6 Å². The van der Waals surface area contributed by atoms with Crippen LogP contribution in [-0.2, 0) is 0 Å². The quantitative estimate of drug-likeness (QED) is 0.671. The number of rotatable bonds is 7. The normalized spacial score (nSPS) is 15.2. The molecule has 9 heteroatoms. The molecule has 0 amide bonds. The Labute approximate surface area is 147 Å². The smallest absolute Gasteiger partial charge is 0.178 e. The fourth-order valence-electron chi connectivity index (χ4n) is 2.54.